The molecule has 1 aromatic rings. The van der Waals surface area contributed by atoms with Crippen LogP contribution in [0.4, 0.5) is 5.69 Å². The van der Waals surface area contributed by atoms with E-state index in [0.717, 1.165) is 12.5 Å². The quantitative estimate of drug-likeness (QED) is 0.731. The second kappa shape index (κ2) is 6.68. The summed E-state index contributed by atoms with van der Waals surface area (Å²) >= 11 is 0. The number of nitrogens with zero attached hydrogens (tertiary/aromatic N) is 1. The zero-order chi connectivity index (χ0) is 17.4. The SMILES string of the molecule is CCCCCCN1CC2C(C)C2(c2cccc(NS(C)(=O)=O)c2)C1. The van der Waals surface area contributed by atoms with Crippen LogP contribution < -0.4 is 4.72 Å². The molecule has 1 aromatic carbocycles. The minimum absolute atomic E-state index is 0.236. The summed E-state index contributed by atoms with van der Waals surface area (Å²) in [6, 6.07) is 8.02. The number of hydrogen-bond donors (Lipinski definition) is 1. The molecule has 0 aromatic heterocycles. The Hall–Kier alpha value is -1.07. The van der Waals surface area contributed by atoms with Crippen LogP contribution in [0, 0.1) is 11.8 Å². The highest BCUT2D eigenvalue weighted by molar-refractivity contribution is 7.92. The molecule has 3 atom stereocenters. The van der Waals surface area contributed by atoms with E-state index in [4.69, 9.17) is 0 Å². The molecule has 1 N–H and O–H groups in total. The Labute approximate surface area is 146 Å². The highest BCUT2D eigenvalue weighted by atomic mass is 32.2. The normalized spacial score (nSPS) is 29.5. The largest absolute Gasteiger partial charge is 0.302 e. The lowest BCUT2D eigenvalue weighted by molar-refractivity contribution is 0.274. The Morgan fingerprint density at radius 3 is 2.79 bits per heavy atom. The number of unbranched alkanes of at least 4 members (excludes halogenated alkanes) is 3. The van der Waals surface area contributed by atoms with Gasteiger partial charge >= 0.3 is 0 Å². The topological polar surface area (TPSA) is 49.4 Å². The van der Waals surface area contributed by atoms with Crippen molar-refractivity contribution in [2.75, 3.05) is 30.6 Å². The minimum atomic E-state index is -3.23. The van der Waals surface area contributed by atoms with Crippen LogP contribution >= 0.6 is 0 Å². The second-order valence-electron chi connectivity index (χ2n) is 7.69. The lowest BCUT2D eigenvalue weighted by atomic mass is 9.92. The summed E-state index contributed by atoms with van der Waals surface area (Å²) in [5, 5.41) is 0. The lowest BCUT2D eigenvalue weighted by Gasteiger charge is -2.23. The number of hydrogen-bond acceptors (Lipinski definition) is 3. The van der Waals surface area contributed by atoms with Crippen molar-refractivity contribution in [1.82, 2.24) is 4.90 Å². The van der Waals surface area contributed by atoms with Gasteiger partial charge in [0.1, 0.15) is 0 Å². The van der Waals surface area contributed by atoms with E-state index in [1.54, 1.807) is 0 Å². The molecule has 1 saturated heterocycles. The summed E-state index contributed by atoms with van der Waals surface area (Å²) in [6.45, 7) is 8.10. The molecule has 3 unspecified atom stereocenters. The summed E-state index contributed by atoms with van der Waals surface area (Å²) in [4.78, 5) is 2.61. The van der Waals surface area contributed by atoms with Crippen molar-refractivity contribution < 1.29 is 8.42 Å². The molecule has 0 spiro atoms. The van der Waals surface area contributed by atoms with Gasteiger partial charge in [0.2, 0.25) is 10.0 Å². The first-order valence-electron chi connectivity index (χ1n) is 9.17. The van der Waals surface area contributed by atoms with Crippen LogP contribution in [0.5, 0.6) is 0 Å². The van der Waals surface area contributed by atoms with Gasteiger partial charge in [0.25, 0.3) is 0 Å². The number of rotatable bonds is 8. The smallest absolute Gasteiger partial charge is 0.229 e. The average molecular weight is 351 g/mol. The number of likely N-dealkylation sites (tertiary alicyclic amines) is 1. The summed E-state index contributed by atoms with van der Waals surface area (Å²) in [7, 11) is -3.23. The Bertz CT molecular complexity index is 688. The van der Waals surface area contributed by atoms with Crippen molar-refractivity contribution >= 4 is 15.7 Å². The van der Waals surface area contributed by atoms with Gasteiger partial charge in [-0.1, -0.05) is 45.2 Å². The third-order valence-electron chi connectivity index (χ3n) is 5.94. The number of nitrogens with one attached hydrogen (secondary N) is 1. The maximum absolute atomic E-state index is 11.5. The third kappa shape index (κ3) is 3.47. The summed E-state index contributed by atoms with van der Waals surface area (Å²) in [6.07, 6.45) is 6.44. The Morgan fingerprint density at radius 1 is 1.29 bits per heavy atom. The van der Waals surface area contributed by atoms with E-state index in [1.165, 1.54) is 50.6 Å². The van der Waals surface area contributed by atoms with E-state index in [9.17, 15) is 8.42 Å². The zero-order valence-corrected chi connectivity index (χ0v) is 15.9. The van der Waals surface area contributed by atoms with Crippen molar-refractivity contribution in [3.8, 4) is 0 Å². The third-order valence-corrected chi connectivity index (χ3v) is 6.55. The van der Waals surface area contributed by atoms with Crippen LogP contribution in [0.2, 0.25) is 0 Å². The molecular formula is C19H30N2O2S. The Morgan fingerprint density at radius 2 is 2.08 bits per heavy atom. The first-order chi connectivity index (χ1) is 11.4. The molecule has 4 nitrogen and oxygen atoms in total. The van der Waals surface area contributed by atoms with Gasteiger partial charge in [0, 0.05) is 24.2 Å². The van der Waals surface area contributed by atoms with Gasteiger partial charge in [-0.2, -0.15) is 0 Å². The molecular weight excluding hydrogens is 320 g/mol. The maximum atomic E-state index is 11.5. The van der Waals surface area contributed by atoms with Crippen molar-refractivity contribution in [2.45, 2.75) is 44.9 Å². The fraction of sp³-hybridized carbons (Fsp3) is 0.684. The number of sulfonamides is 1. The van der Waals surface area contributed by atoms with Gasteiger partial charge in [-0.05, 0) is 42.5 Å². The first-order valence-corrected chi connectivity index (χ1v) is 11.1. The molecule has 2 aliphatic rings. The minimum Gasteiger partial charge on any atom is -0.302 e. The van der Waals surface area contributed by atoms with Crippen molar-refractivity contribution in [1.29, 1.82) is 0 Å². The number of benzene rings is 1. The standard InChI is InChI=1S/C19H30N2O2S/c1-4-5-6-7-11-21-13-18-15(2)19(18,14-21)16-9-8-10-17(12-16)20-24(3,22)23/h8-10,12,15,18,20H,4-7,11,13-14H2,1-3H3. The van der Waals surface area contributed by atoms with Gasteiger partial charge in [0.05, 0.1) is 6.26 Å². The zero-order valence-electron chi connectivity index (χ0n) is 15.1. The highest BCUT2D eigenvalue weighted by Gasteiger charge is 2.66. The summed E-state index contributed by atoms with van der Waals surface area (Å²) in [5.74, 6) is 1.41. The van der Waals surface area contributed by atoms with E-state index >= 15 is 0 Å². The lowest BCUT2D eigenvalue weighted by Crippen LogP contribution is -2.29. The highest BCUT2D eigenvalue weighted by Crippen LogP contribution is 2.64. The molecule has 2 fully saturated rings. The Kier molecular flexibility index (Phi) is 4.94. The summed E-state index contributed by atoms with van der Waals surface area (Å²) in [5.41, 5.74) is 2.22. The van der Waals surface area contributed by atoms with Crippen LogP contribution in [-0.4, -0.2) is 39.2 Å². The monoisotopic (exact) mass is 350 g/mol. The van der Waals surface area contributed by atoms with Gasteiger partial charge < -0.3 is 4.90 Å². The van der Waals surface area contributed by atoms with Crippen LogP contribution in [0.15, 0.2) is 24.3 Å². The molecule has 0 bridgehead atoms. The first kappa shape index (κ1) is 17.7. The van der Waals surface area contributed by atoms with E-state index in [1.807, 2.05) is 18.2 Å². The molecule has 24 heavy (non-hydrogen) atoms. The predicted molar refractivity (Wildman–Crippen MR) is 99.8 cm³/mol. The molecule has 0 amide bonds. The molecule has 3 rings (SSSR count). The number of anilines is 1. The number of piperidine rings is 1. The molecule has 5 heteroatoms. The van der Waals surface area contributed by atoms with Crippen molar-refractivity contribution in [3.05, 3.63) is 29.8 Å². The van der Waals surface area contributed by atoms with E-state index in [0.29, 0.717) is 11.6 Å². The predicted octanol–water partition coefficient (Wildman–Crippen LogP) is 3.46. The van der Waals surface area contributed by atoms with Gasteiger partial charge in [0.15, 0.2) is 0 Å². The van der Waals surface area contributed by atoms with Crippen LogP contribution in [-0.2, 0) is 15.4 Å². The van der Waals surface area contributed by atoms with Gasteiger partial charge in [-0.3, -0.25) is 4.72 Å². The second-order valence-corrected chi connectivity index (χ2v) is 9.43. The van der Waals surface area contributed by atoms with Crippen molar-refractivity contribution in [2.24, 2.45) is 11.8 Å². The van der Waals surface area contributed by atoms with Crippen LogP contribution in [0.25, 0.3) is 0 Å². The fourth-order valence-corrected chi connectivity index (χ4v) is 5.16. The van der Waals surface area contributed by atoms with Crippen LogP contribution in [0.3, 0.4) is 0 Å². The van der Waals surface area contributed by atoms with Crippen LogP contribution in [0.1, 0.15) is 45.1 Å². The van der Waals surface area contributed by atoms with E-state index in [2.05, 4.69) is 29.5 Å². The van der Waals surface area contributed by atoms with E-state index in [-0.39, 0.29) is 5.41 Å². The Balaban J connectivity index is 1.69. The fourth-order valence-electron chi connectivity index (χ4n) is 4.61. The average Bonchev–Trinajstić information content (AvgIpc) is 2.90. The maximum Gasteiger partial charge on any atom is 0.229 e. The van der Waals surface area contributed by atoms with Gasteiger partial charge in [-0.25, -0.2) is 8.42 Å². The molecule has 0 radical (unpaired) electrons. The molecule has 1 saturated carbocycles. The van der Waals surface area contributed by atoms with E-state index < -0.39 is 10.0 Å². The molecule has 1 aliphatic carbocycles. The van der Waals surface area contributed by atoms with Crippen molar-refractivity contribution in [3.63, 3.8) is 0 Å². The number of fused-ring (bicyclic) bond motifs is 1. The summed E-state index contributed by atoms with van der Waals surface area (Å²) < 4.78 is 25.6. The molecule has 134 valence electrons. The molecule has 1 aliphatic heterocycles. The van der Waals surface area contributed by atoms with Gasteiger partial charge in [-0.15, -0.1) is 0 Å². The molecule has 1 heterocycles.